The van der Waals surface area contributed by atoms with Gasteiger partial charge in [0.1, 0.15) is 0 Å². The number of rotatable bonds is 7. The minimum atomic E-state index is -0.509. The molecule has 29 heavy (non-hydrogen) atoms. The molecule has 3 N–H and O–H groups in total. The average molecular weight is 398 g/mol. The highest BCUT2D eigenvalue weighted by Crippen LogP contribution is 2.42. The number of carbonyl (C=O) groups excluding carboxylic acids is 2. The van der Waals surface area contributed by atoms with Crippen LogP contribution >= 0.6 is 0 Å². The zero-order chi connectivity index (χ0) is 21.0. The molecule has 1 fully saturated rings. The first-order valence-corrected chi connectivity index (χ1v) is 11.0. The Kier molecular flexibility index (Phi) is 7.12. The average Bonchev–Trinajstić information content (AvgIpc) is 2.70. The Morgan fingerprint density at radius 3 is 2.62 bits per heavy atom. The molecule has 158 valence electrons. The first-order valence-electron chi connectivity index (χ1n) is 11.0. The van der Waals surface area contributed by atoms with Gasteiger partial charge in [0.05, 0.1) is 0 Å². The van der Waals surface area contributed by atoms with Gasteiger partial charge in [-0.2, -0.15) is 0 Å². The molecule has 0 radical (unpaired) electrons. The maximum absolute atomic E-state index is 13.0. The van der Waals surface area contributed by atoms with E-state index >= 15 is 0 Å². The number of allylic oxidation sites excluding steroid dienone is 1. The van der Waals surface area contributed by atoms with Crippen LogP contribution in [0, 0.1) is 11.8 Å². The van der Waals surface area contributed by atoms with Crippen molar-refractivity contribution in [1.82, 2.24) is 10.2 Å². The number of piperidine rings is 1. The highest BCUT2D eigenvalue weighted by atomic mass is 16.2. The van der Waals surface area contributed by atoms with Crippen molar-refractivity contribution < 1.29 is 9.59 Å². The van der Waals surface area contributed by atoms with E-state index in [0.717, 1.165) is 37.2 Å². The number of anilines is 1. The van der Waals surface area contributed by atoms with Crippen LogP contribution in [0.15, 0.2) is 24.3 Å². The summed E-state index contributed by atoms with van der Waals surface area (Å²) in [6, 6.07) is 5.69. The number of hydrogen-bond donors (Lipinski definition) is 2. The summed E-state index contributed by atoms with van der Waals surface area (Å²) in [5.41, 5.74) is 9.22. The molecule has 2 aliphatic rings. The van der Waals surface area contributed by atoms with Crippen molar-refractivity contribution in [3.63, 3.8) is 0 Å². The molecule has 5 nitrogen and oxygen atoms in total. The van der Waals surface area contributed by atoms with Crippen molar-refractivity contribution in [2.75, 3.05) is 31.9 Å². The lowest BCUT2D eigenvalue weighted by Gasteiger charge is -2.31. The van der Waals surface area contributed by atoms with Crippen molar-refractivity contribution >= 4 is 23.0 Å². The molecule has 2 atom stereocenters. The highest BCUT2D eigenvalue weighted by Gasteiger charge is 2.32. The van der Waals surface area contributed by atoms with Gasteiger partial charge in [0.2, 0.25) is 5.78 Å². The topological polar surface area (TPSA) is 75.4 Å². The smallest absolute Gasteiger partial charge is 0.292 e. The Balaban J connectivity index is 1.71. The zero-order valence-corrected chi connectivity index (χ0v) is 18.0. The summed E-state index contributed by atoms with van der Waals surface area (Å²) in [5.74, 6) is 0.0922. The van der Waals surface area contributed by atoms with Gasteiger partial charge >= 0.3 is 0 Å². The van der Waals surface area contributed by atoms with Gasteiger partial charge in [-0.1, -0.05) is 39.3 Å². The number of Topliss-reactive ketones (excluding diaryl/α,β-unsaturated/α-hetero) is 1. The van der Waals surface area contributed by atoms with Crippen molar-refractivity contribution in [2.24, 2.45) is 11.8 Å². The van der Waals surface area contributed by atoms with Crippen LogP contribution in [-0.4, -0.2) is 42.8 Å². The molecule has 0 spiro atoms. The summed E-state index contributed by atoms with van der Waals surface area (Å²) in [4.78, 5) is 27.9. The second-order valence-electron chi connectivity index (χ2n) is 9.01. The number of likely N-dealkylation sites (tertiary alicyclic amines) is 1. The van der Waals surface area contributed by atoms with Gasteiger partial charge in [-0.05, 0) is 73.4 Å². The van der Waals surface area contributed by atoms with Crippen LogP contribution in [0.25, 0.3) is 5.57 Å². The minimum Gasteiger partial charge on any atom is -0.399 e. The summed E-state index contributed by atoms with van der Waals surface area (Å²) in [6.07, 6.45) is 6.73. The molecular weight excluding hydrogens is 362 g/mol. The van der Waals surface area contributed by atoms with Gasteiger partial charge in [0, 0.05) is 24.4 Å². The van der Waals surface area contributed by atoms with Crippen molar-refractivity contribution in [3.05, 3.63) is 35.4 Å². The molecule has 1 heterocycles. The molecule has 0 saturated carbocycles. The predicted molar refractivity (Wildman–Crippen MR) is 118 cm³/mol. The number of amides is 1. The Morgan fingerprint density at radius 1 is 1.21 bits per heavy atom. The molecule has 1 aromatic carbocycles. The largest absolute Gasteiger partial charge is 0.399 e. The molecule has 1 aromatic rings. The third-order valence-corrected chi connectivity index (χ3v) is 6.17. The standard InChI is InChI=1S/C24H35N3O2/c1-16(2)13-20-17(3)14-22(19-8-7-18(25)15-21(19)20)23(28)24(29)26-9-12-27-10-5-4-6-11-27/h7-8,14-17,20H,4-6,9-13,25H2,1-3H3,(H,26,29). The molecule has 1 amide bonds. The molecule has 0 aromatic heterocycles. The fourth-order valence-corrected chi connectivity index (χ4v) is 4.65. The molecule has 2 unspecified atom stereocenters. The SMILES string of the molecule is CC(C)CC1c2cc(N)ccc2C(C(=O)C(=O)NCCN2CCCCC2)=CC1C. The van der Waals surface area contributed by atoms with Gasteiger partial charge < -0.3 is 16.0 Å². The van der Waals surface area contributed by atoms with E-state index in [4.69, 9.17) is 5.73 Å². The predicted octanol–water partition coefficient (Wildman–Crippen LogP) is 3.60. The fourth-order valence-electron chi connectivity index (χ4n) is 4.65. The summed E-state index contributed by atoms with van der Waals surface area (Å²) in [5, 5.41) is 2.83. The number of nitrogen functional groups attached to an aromatic ring is 1. The Labute approximate surface area is 174 Å². The van der Waals surface area contributed by atoms with E-state index in [9.17, 15) is 9.59 Å². The van der Waals surface area contributed by atoms with Crippen molar-refractivity contribution in [1.29, 1.82) is 0 Å². The zero-order valence-electron chi connectivity index (χ0n) is 18.0. The van der Waals surface area contributed by atoms with E-state index in [-0.39, 0.29) is 5.92 Å². The van der Waals surface area contributed by atoms with Gasteiger partial charge in [-0.3, -0.25) is 9.59 Å². The number of carbonyl (C=O) groups is 2. The van der Waals surface area contributed by atoms with Gasteiger partial charge in [-0.25, -0.2) is 0 Å². The van der Waals surface area contributed by atoms with Crippen LogP contribution in [0.2, 0.25) is 0 Å². The third-order valence-electron chi connectivity index (χ3n) is 6.17. The van der Waals surface area contributed by atoms with Gasteiger partial charge in [0.15, 0.2) is 0 Å². The third kappa shape index (κ3) is 5.27. The van der Waals surface area contributed by atoms with E-state index in [1.165, 1.54) is 19.3 Å². The first-order chi connectivity index (χ1) is 13.9. The van der Waals surface area contributed by atoms with Gasteiger partial charge in [-0.15, -0.1) is 0 Å². The molecule has 5 heteroatoms. The quantitative estimate of drug-likeness (QED) is 0.544. The first kappa shape index (κ1) is 21.6. The number of nitrogens with two attached hydrogens (primary N) is 1. The maximum atomic E-state index is 13.0. The van der Waals surface area contributed by atoms with E-state index in [0.29, 0.717) is 29.6 Å². The number of benzene rings is 1. The molecule has 1 aliphatic carbocycles. The molecule has 3 rings (SSSR count). The van der Waals surface area contributed by atoms with Crippen LogP contribution in [0.1, 0.15) is 63.5 Å². The summed E-state index contributed by atoms with van der Waals surface area (Å²) in [6.45, 7) is 10.0. The normalized spacial score (nSPS) is 22.1. The number of ketones is 1. The maximum Gasteiger partial charge on any atom is 0.292 e. The minimum absolute atomic E-state index is 0.187. The lowest BCUT2D eigenvalue weighted by molar-refractivity contribution is -0.134. The highest BCUT2D eigenvalue weighted by molar-refractivity contribution is 6.53. The van der Waals surface area contributed by atoms with Crippen LogP contribution in [0.4, 0.5) is 5.69 Å². The molecule has 1 aliphatic heterocycles. The summed E-state index contributed by atoms with van der Waals surface area (Å²) >= 11 is 0. The Hall–Kier alpha value is -2.14. The van der Waals surface area contributed by atoms with Crippen LogP contribution < -0.4 is 11.1 Å². The van der Waals surface area contributed by atoms with Crippen LogP contribution in [-0.2, 0) is 9.59 Å². The van der Waals surface area contributed by atoms with Crippen molar-refractivity contribution in [2.45, 2.75) is 52.4 Å². The fraction of sp³-hybridized carbons (Fsp3) is 0.583. The van der Waals surface area contributed by atoms with Gasteiger partial charge in [0.25, 0.3) is 5.91 Å². The Bertz CT molecular complexity index is 778. The molecular formula is C24H35N3O2. The van der Waals surface area contributed by atoms with E-state index in [1.54, 1.807) is 0 Å². The molecule has 0 bridgehead atoms. The summed E-state index contributed by atoms with van der Waals surface area (Å²) in [7, 11) is 0. The second-order valence-corrected chi connectivity index (χ2v) is 9.01. The van der Waals surface area contributed by atoms with E-state index in [2.05, 4.69) is 31.0 Å². The monoisotopic (exact) mass is 397 g/mol. The second kappa shape index (κ2) is 9.57. The number of fused-ring (bicyclic) bond motifs is 1. The van der Waals surface area contributed by atoms with Crippen molar-refractivity contribution in [3.8, 4) is 0 Å². The summed E-state index contributed by atoms with van der Waals surface area (Å²) < 4.78 is 0. The van der Waals surface area contributed by atoms with E-state index < -0.39 is 11.7 Å². The number of nitrogens with zero attached hydrogens (tertiary/aromatic N) is 1. The van der Waals surface area contributed by atoms with Crippen LogP contribution in [0.3, 0.4) is 0 Å². The lowest BCUT2D eigenvalue weighted by atomic mass is 9.72. The number of nitrogens with one attached hydrogen (secondary N) is 1. The lowest BCUT2D eigenvalue weighted by Crippen LogP contribution is -2.40. The van der Waals surface area contributed by atoms with E-state index in [1.807, 2.05) is 24.3 Å². The number of hydrogen-bond acceptors (Lipinski definition) is 4. The molecule has 1 saturated heterocycles. The Morgan fingerprint density at radius 2 is 1.93 bits per heavy atom. The van der Waals surface area contributed by atoms with Crippen LogP contribution in [0.5, 0.6) is 0 Å².